The van der Waals surface area contributed by atoms with Crippen molar-refractivity contribution in [3.8, 4) is 0 Å². The fraction of sp³-hybridized carbons (Fsp3) is 0.412. The lowest BCUT2D eigenvalue weighted by Gasteiger charge is -2.38. The van der Waals surface area contributed by atoms with Crippen molar-refractivity contribution in [3.05, 3.63) is 54.2 Å². The first-order valence-electron chi connectivity index (χ1n) is 8.12. The average Bonchev–Trinajstić information content (AvgIpc) is 3.14. The van der Waals surface area contributed by atoms with Gasteiger partial charge in [0.1, 0.15) is 6.26 Å². The van der Waals surface area contributed by atoms with E-state index in [1.807, 2.05) is 6.07 Å². The molecule has 0 aromatic carbocycles. The first-order chi connectivity index (χ1) is 11.9. The fourth-order valence-corrected chi connectivity index (χ4v) is 4.23. The largest absolute Gasteiger partial charge is 0.472 e. The smallest absolute Gasteiger partial charge is 0.257 e. The number of piperidine rings is 1. The second kappa shape index (κ2) is 7.37. The van der Waals surface area contributed by atoms with E-state index < -0.39 is 10.0 Å². The summed E-state index contributed by atoms with van der Waals surface area (Å²) >= 11 is 0. The fourth-order valence-electron chi connectivity index (χ4n) is 3.13. The third kappa shape index (κ3) is 4.26. The first kappa shape index (κ1) is 17.6. The van der Waals surface area contributed by atoms with Crippen molar-refractivity contribution in [1.29, 1.82) is 0 Å². The zero-order chi connectivity index (χ0) is 17.9. The molecule has 0 saturated carbocycles. The van der Waals surface area contributed by atoms with Crippen molar-refractivity contribution in [2.45, 2.75) is 25.4 Å². The standard InChI is InChI=1S/C17H21N3O4S/c1-25(22,23)20(11-14-4-2-7-18-10-14)16-5-3-8-19(12-16)17(21)15-6-9-24-13-15/h2,4,6-7,9-10,13,16H,3,5,8,11-12H2,1H3. The summed E-state index contributed by atoms with van der Waals surface area (Å²) in [5.41, 5.74) is 1.31. The minimum atomic E-state index is -3.42. The van der Waals surface area contributed by atoms with E-state index in [1.54, 1.807) is 29.4 Å². The number of hydrogen-bond donors (Lipinski definition) is 0. The second-order valence-corrected chi connectivity index (χ2v) is 8.16. The summed E-state index contributed by atoms with van der Waals surface area (Å²) in [7, 11) is -3.42. The molecule has 0 radical (unpaired) electrons. The average molecular weight is 363 g/mol. The van der Waals surface area contributed by atoms with E-state index in [0.717, 1.165) is 18.4 Å². The highest BCUT2D eigenvalue weighted by Crippen LogP contribution is 2.22. The molecule has 0 bridgehead atoms. The van der Waals surface area contributed by atoms with Gasteiger partial charge < -0.3 is 9.32 Å². The van der Waals surface area contributed by atoms with Crippen molar-refractivity contribution in [3.63, 3.8) is 0 Å². The molecule has 25 heavy (non-hydrogen) atoms. The van der Waals surface area contributed by atoms with Crippen LogP contribution in [0, 0.1) is 0 Å². The molecule has 134 valence electrons. The highest BCUT2D eigenvalue weighted by molar-refractivity contribution is 7.88. The molecule has 1 fully saturated rings. The lowest BCUT2D eigenvalue weighted by molar-refractivity contribution is 0.0650. The maximum atomic E-state index is 12.5. The van der Waals surface area contributed by atoms with Gasteiger partial charge in [0.05, 0.1) is 18.1 Å². The van der Waals surface area contributed by atoms with E-state index in [2.05, 4.69) is 4.98 Å². The molecule has 7 nitrogen and oxygen atoms in total. The summed E-state index contributed by atoms with van der Waals surface area (Å²) in [5.74, 6) is -0.131. The van der Waals surface area contributed by atoms with Crippen LogP contribution < -0.4 is 0 Å². The number of aromatic nitrogens is 1. The minimum Gasteiger partial charge on any atom is -0.472 e. The monoisotopic (exact) mass is 363 g/mol. The molecule has 1 unspecified atom stereocenters. The van der Waals surface area contributed by atoms with Gasteiger partial charge in [0.15, 0.2) is 0 Å². The van der Waals surface area contributed by atoms with Gasteiger partial charge in [0.2, 0.25) is 10.0 Å². The molecule has 1 amide bonds. The summed E-state index contributed by atoms with van der Waals surface area (Å²) in [6.07, 6.45) is 8.88. The number of carbonyl (C=O) groups is 1. The van der Waals surface area contributed by atoms with Gasteiger partial charge >= 0.3 is 0 Å². The van der Waals surface area contributed by atoms with E-state index in [1.165, 1.54) is 23.1 Å². The molecule has 0 N–H and O–H groups in total. The molecule has 8 heteroatoms. The quantitative estimate of drug-likeness (QED) is 0.808. The highest BCUT2D eigenvalue weighted by atomic mass is 32.2. The zero-order valence-electron chi connectivity index (χ0n) is 14.0. The minimum absolute atomic E-state index is 0.131. The molecule has 3 rings (SSSR count). The third-order valence-electron chi connectivity index (χ3n) is 4.35. The number of hydrogen-bond acceptors (Lipinski definition) is 5. The van der Waals surface area contributed by atoms with Gasteiger partial charge in [-0.2, -0.15) is 4.31 Å². The van der Waals surface area contributed by atoms with Gasteiger partial charge in [0, 0.05) is 38.1 Å². The Kier molecular flexibility index (Phi) is 5.19. The summed E-state index contributed by atoms with van der Waals surface area (Å²) in [5, 5.41) is 0. The topological polar surface area (TPSA) is 83.7 Å². The Morgan fingerprint density at radius 1 is 1.44 bits per heavy atom. The predicted molar refractivity (Wildman–Crippen MR) is 92.3 cm³/mol. The van der Waals surface area contributed by atoms with Crippen LogP contribution in [-0.2, 0) is 16.6 Å². The number of carbonyl (C=O) groups excluding carboxylic acids is 1. The molecule has 2 aromatic heterocycles. The van der Waals surface area contributed by atoms with Gasteiger partial charge in [-0.15, -0.1) is 0 Å². The summed E-state index contributed by atoms with van der Waals surface area (Å²) in [6, 6.07) is 5.00. The number of likely N-dealkylation sites (tertiary alicyclic amines) is 1. The molecule has 1 saturated heterocycles. The van der Waals surface area contributed by atoms with E-state index in [9.17, 15) is 13.2 Å². The van der Waals surface area contributed by atoms with Gasteiger partial charge in [0.25, 0.3) is 5.91 Å². The molecule has 1 aliphatic rings. The van der Waals surface area contributed by atoms with Crippen LogP contribution in [-0.4, -0.2) is 53.9 Å². The van der Waals surface area contributed by atoms with Crippen molar-refractivity contribution >= 4 is 15.9 Å². The van der Waals surface area contributed by atoms with Crippen molar-refractivity contribution in [2.75, 3.05) is 19.3 Å². The molecule has 0 spiro atoms. The van der Waals surface area contributed by atoms with Gasteiger partial charge in [-0.3, -0.25) is 9.78 Å². The van der Waals surface area contributed by atoms with Gasteiger partial charge in [-0.1, -0.05) is 6.07 Å². The number of nitrogens with zero attached hydrogens (tertiary/aromatic N) is 3. The van der Waals surface area contributed by atoms with Crippen LogP contribution in [0.1, 0.15) is 28.8 Å². The zero-order valence-corrected chi connectivity index (χ0v) is 14.9. The van der Waals surface area contributed by atoms with Crippen LogP contribution in [0.2, 0.25) is 0 Å². The molecule has 0 aliphatic carbocycles. The lowest BCUT2D eigenvalue weighted by Crippen LogP contribution is -2.51. The lowest BCUT2D eigenvalue weighted by atomic mass is 10.0. The van der Waals surface area contributed by atoms with Crippen LogP contribution in [0.3, 0.4) is 0 Å². The normalized spacial score (nSPS) is 18.5. The number of sulfonamides is 1. The predicted octanol–water partition coefficient (Wildman–Crippen LogP) is 1.74. The van der Waals surface area contributed by atoms with Crippen molar-refractivity contribution in [2.24, 2.45) is 0 Å². The van der Waals surface area contributed by atoms with Crippen molar-refractivity contribution in [1.82, 2.24) is 14.2 Å². The summed E-state index contributed by atoms with van der Waals surface area (Å²) in [4.78, 5) is 18.3. The number of rotatable bonds is 5. The Morgan fingerprint density at radius 2 is 2.28 bits per heavy atom. The van der Waals surface area contributed by atoms with Gasteiger partial charge in [-0.25, -0.2) is 8.42 Å². The second-order valence-electron chi connectivity index (χ2n) is 6.23. The van der Waals surface area contributed by atoms with Crippen molar-refractivity contribution < 1.29 is 17.6 Å². The molecular weight excluding hydrogens is 342 g/mol. The van der Waals surface area contributed by atoms with Gasteiger partial charge in [-0.05, 0) is 30.5 Å². The van der Waals surface area contributed by atoms with Crippen LogP contribution in [0.4, 0.5) is 0 Å². The number of pyridine rings is 1. The van der Waals surface area contributed by atoms with E-state index in [0.29, 0.717) is 18.7 Å². The SMILES string of the molecule is CS(=O)(=O)N(Cc1cccnc1)C1CCCN(C(=O)c2ccoc2)C1. The summed E-state index contributed by atoms with van der Waals surface area (Å²) in [6.45, 7) is 1.24. The van der Waals surface area contributed by atoms with E-state index >= 15 is 0 Å². The molecule has 1 atom stereocenters. The highest BCUT2D eigenvalue weighted by Gasteiger charge is 2.33. The molecule has 3 heterocycles. The molecule has 2 aromatic rings. The Morgan fingerprint density at radius 3 is 2.92 bits per heavy atom. The molecule has 1 aliphatic heterocycles. The maximum Gasteiger partial charge on any atom is 0.257 e. The van der Waals surface area contributed by atoms with E-state index in [4.69, 9.17) is 4.42 Å². The first-order valence-corrected chi connectivity index (χ1v) is 9.97. The molecular formula is C17H21N3O4S. The maximum absolute atomic E-state index is 12.5. The number of amides is 1. The Hall–Kier alpha value is -2.19. The van der Waals surface area contributed by atoms with Crippen LogP contribution in [0.5, 0.6) is 0 Å². The third-order valence-corrected chi connectivity index (χ3v) is 5.63. The van der Waals surface area contributed by atoms with E-state index in [-0.39, 0.29) is 18.5 Å². The number of furan rings is 1. The Labute approximate surface area is 147 Å². The Bertz CT molecular complexity index is 806. The Balaban J connectivity index is 1.77. The van der Waals surface area contributed by atoms with Crippen LogP contribution >= 0.6 is 0 Å². The summed E-state index contributed by atoms with van der Waals surface area (Å²) < 4.78 is 31.1. The van der Waals surface area contributed by atoms with Crippen LogP contribution in [0.15, 0.2) is 47.5 Å². The van der Waals surface area contributed by atoms with Crippen LogP contribution in [0.25, 0.3) is 0 Å².